The van der Waals surface area contributed by atoms with Gasteiger partial charge >= 0.3 is 5.97 Å². The van der Waals surface area contributed by atoms with E-state index in [1.54, 1.807) is 32.0 Å². The van der Waals surface area contributed by atoms with Crippen LogP contribution in [-0.4, -0.2) is 43.2 Å². The maximum Gasteiger partial charge on any atom is 0.325 e. The second-order valence-electron chi connectivity index (χ2n) is 3.43. The lowest BCUT2D eigenvalue weighted by molar-refractivity contribution is -0.140. The fourth-order valence-corrected chi connectivity index (χ4v) is 1.25. The molecule has 7 heteroatoms. The molecule has 0 fully saturated rings. The van der Waals surface area contributed by atoms with E-state index in [1.165, 1.54) is 0 Å². The Hall–Kier alpha value is -1.56. The highest BCUT2D eigenvalue weighted by molar-refractivity contribution is 6.29. The minimum absolute atomic E-state index is 0.0497. The summed E-state index contributed by atoms with van der Waals surface area (Å²) in [4.78, 5) is 21.1. The van der Waals surface area contributed by atoms with Crippen LogP contribution in [0, 0.1) is 0 Å². The first-order valence-electron chi connectivity index (χ1n) is 5.14. The van der Waals surface area contributed by atoms with Crippen LogP contribution in [-0.2, 0) is 9.53 Å². The summed E-state index contributed by atoms with van der Waals surface area (Å²) >= 11 is 5.84. The van der Waals surface area contributed by atoms with Crippen LogP contribution < -0.4 is 10.2 Å². The zero-order valence-corrected chi connectivity index (χ0v) is 10.8. The molecule has 1 heterocycles. The van der Waals surface area contributed by atoms with Crippen LogP contribution in [0.15, 0.2) is 6.07 Å². The first kappa shape index (κ1) is 13.5. The number of carbonyl (C=O) groups is 1. The van der Waals surface area contributed by atoms with Gasteiger partial charge in [-0.2, -0.15) is 4.98 Å². The number of rotatable bonds is 5. The molecule has 0 unspecified atom stereocenters. The third kappa shape index (κ3) is 4.44. The first-order chi connectivity index (χ1) is 8.02. The molecule has 1 aromatic heterocycles. The van der Waals surface area contributed by atoms with Crippen molar-refractivity contribution in [2.24, 2.45) is 0 Å². The highest BCUT2D eigenvalue weighted by Crippen LogP contribution is 2.15. The Kier molecular flexibility index (Phi) is 4.96. The average molecular weight is 259 g/mol. The summed E-state index contributed by atoms with van der Waals surface area (Å²) in [5.74, 6) is 0.624. The van der Waals surface area contributed by atoms with Gasteiger partial charge < -0.3 is 15.0 Å². The zero-order valence-electron chi connectivity index (χ0n) is 10.0. The fraction of sp³-hybridized carbons (Fsp3) is 0.500. The molecule has 17 heavy (non-hydrogen) atoms. The Balaban J connectivity index is 2.68. The summed E-state index contributed by atoms with van der Waals surface area (Å²) in [7, 11) is 3.61. The molecule has 1 N–H and O–H groups in total. The number of carbonyl (C=O) groups excluding carboxylic acids is 1. The largest absolute Gasteiger partial charge is 0.465 e. The summed E-state index contributed by atoms with van der Waals surface area (Å²) in [6.45, 7) is 2.16. The summed E-state index contributed by atoms with van der Waals surface area (Å²) in [6, 6.07) is 1.55. The van der Waals surface area contributed by atoms with Crippen molar-refractivity contribution in [1.82, 2.24) is 9.97 Å². The first-order valence-corrected chi connectivity index (χ1v) is 5.52. The molecule has 0 saturated heterocycles. The van der Waals surface area contributed by atoms with Crippen LogP contribution in [0.5, 0.6) is 0 Å². The SMILES string of the molecule is CCOC(=O)CNc1cc(Cl)nc(N(C)C)n1. The number of esters is 1. The minimum atomic E-state index is -0.339. The van der Waals surface area contributed by atoms with Crippen molar-refractivity contribution >= 4 is 29.3 Å². The molecule has 0 saturated carbocycles. The quantitative estimate of drug-likeness (QED) is 0.632. The maximum absolute atomic E-state index is 11.1. The lowest BCUT2D eigenvalue weighted by Gasteiger charge is -2.12. The number of nitrogens with zero attached hydrogens (tertiary/aromatic N) is 3. The average Bonchev–Trinajstić information content (AvgIpc) is 2.26. The third-order valence-electron chi connectivity index (χ3n) is 1.80. The predicted molar refractivity (Wildman–Crippen MR) is 66.5 cm³/mol. The van der Waals surface area contributed by atoms with Gasteiger partial charge in [0, 0.05) is 20.2 Å². The molecule has 0 aromatic carbocycles. The summed E-state index contributed by atoms with van der Waals surface area (Å²) in [6.07, 6.45) is 0. The van der Waals surface area contributed by atoms with E-state index in [2.05, 4.69) is 15.3 Å². The Bertz CT molecular complexity index is 398. The molecule has 0 amide bonds. The van der Waals surface area contributed by atoms with E-state index in [0.29, 0.717) is 23.5 Å². The summed E-state index contributed by atoms with van der Waals surface area (Å²) < 4.78 is 4.78. The van der Waals surface area contributed by atoms with Crippen LogP contribution in [0.25, 0.3) is 0 Å². The van der Waals surface area contributed by atoms with E-state index in [1.807, 2.05) is 0 Å². The molecule has 0 radical (unpaired) electrons. The van der Waals surface area contributed by atoms with E-state index < -0.39 is 0 Å². The molecule has 6 nitrogen and oxygen atoms in total. The van der Waals surface area contributed by atoms with Gasteiger partial charge in [0.05, 0.1) is 6.61 Å². The Labute approximate surface area is 105 Å². The van der Waals surface area contributed by atoms with Crippen molar-refractivity contribution in [3.8, 4) is 0 Å². The molecule has 0 aliphatic rings. The highest BCUT2D eigenvalue weighted by Gasteiger charge is 2.06. The number of nitrogens with one attached hydrogen (secondary N) is 1. The van der Waals surface area contributed by atoms with Crippen LogP contribution in [0.1, 0.15) is 6.92 Å². The summed E-state index contributed by atoms with van der Waals surface area (Å²) in [5, 5.41) is 3.14. The molecule has 0 bridgehead atoms. The van der Waals surface area contributed by atoms with Crippen molar-refractivity contribution in [1.29, 1.82) is 0 Å². The second-order valence-corrected chi connectivity index (χ2v) is 3.82. The van der Waals surface area contributed by atoms with Crippen LogP contribution in [0.3, 0.4) is 0 Å². The van der Waals surface area contributed by atoms with E-state index in [-0.39, 0.29) is 12.5 Å². The van der Waals surface area contributed by atoms with Crippen LogP contribution in [0.2, 0.25) is 5.15 Å². The van der Waals surface area contributed by atoms with Crippen molar-refractivity contribution < 1.29 is 9.53 Å². The van der Waals surface area contributed by atoms with Crippen molar-refractivity contribution in [3.63, 3.8) is 0 Å². The maximum atomic E-state index is 11.1. The number of aromatic nitrogens is 2. The third-order valence-corrected chi connectivity index (χ3v) is 2.00. The molecule has 0 atom stereocenters. The van der Waals surface area contributed by atoms with Gasteiger partial charge in [0.15, 0.2) is 0 Å². The number of hydrogen-bond donors (Lipinski definition) is 1. The van der Waals surface area contributed by atoms with Gasteiger partial charge in [0.2, 0.25) is 5.95 Å². The van der Waals surface area contributed by atoms with E-state index in [9.17, 15) is 4.79 Å². The standard InChI is InChI=1S/C10H15ClN4O2/c1-4-17-9(16)6-12-8-5-7(11)13-10(14-8)15(2)3/h5H,4,6H2,1-3H3,(H,12,13,14). The van der Waals surface area contributed by atoms with E-state index in [0.717, 1.165) is 0 Å². The van der Waals surface area contributed by atoms with Crippen molar-refractivity contribution in [2.75, 3.05) is 37.5 Å². The normalized spacial score (nSPS) is 9.88. The molecule has 94 valence electrons. The minimum Gasteiger partial charge on any atom is -0.465 e. The van der Waals surface area contributed by atoms with Gasteiger partial charge in [-0.3, -0.25) is 4.79 Å². The van der Waals surface area contributed by atoms with Gasteiger partial charge in [0.25, 0.3) is 0 Å². The zero-order chi connectivity index (χ0) is 12.8. The predicted octanol–water partition coefficient (Wildman–Crippen LogP) is 1.17. The van der Waals surface area contributed by atoms with Gasteiger partial charge in [0.1, 0.15) is 17.5 Å². The van der Waals surface area contributed by atoms with Crippen molar-refractivity contribution in [3.05, 3.63) is 11.2 Å². The lowest BCUT2D eigenvalue weighted by atomic mass is 10.5. The molecule has 1 aromatic rings. The van der Waals surface area contributed by atoms with E-state index in [4.69, 9.17) is 16.3 Å². The van der Waals surface area contributed by atoms with Gasteiger partial charge in [-0.25, -0.2) is 4.98 Å². The topological polar surface area (TPSA) is 67.3 Å². The number of ether oxygens (including phenoxy) is 1. The fourth-order valence-electron chi connectivity index (χ4n) is 1.07. The number of hydrogen-bond acceptors (Lipinski definition) is 6. The Morgan fingerprint density at radius 1 is 1.53 bits per heavy atom. The molecule has 0 aliphatic carbocycles. The molecule has 0 aliphatic heterocycles. The summed E-state index contributed by atoms with van der Waals surface area (Å²) in [5.41, 5.74) is 0. The molecular weight excluding hydrogens is 244 g/mol. The second kappa shape index (κ2) is 6.24. The molecular formula is C10H15ClN4O2. The Morgan fingerprint density at radius 2 is 2.24 bits per heavy atom. The Morgan fingerprint density at radius 3 is 2.82 bits per heavy atom. The van der Waals surface area contributed by atoms with Crippen molar-refractivity contribution in [2.45, 2.75) is 6.92 Å². The lowest BCUT2D eigenvalue weighted by Crippen LogP contribution is -2.19. The number of anilines is 2. The number of halogens is 1. The van der Waals surface area contributed by atoms with E-state index >= 15 is 0 Å². The van der Waals surface area contributed by atoms with Crippen LogP contribution >= 0.6 is 11.6 Å². The highest BCUT2D eigenvalue weighted by atomic mass is 35.5. The van der Waals surface area contributed by atoms with Gasteiger partial charge in [-0.15, -0.1) is 0 Å². The smallest absolute Gasteiger partial charge is 0.325 e. The monoisotopic (exact) mass is 258 g/mol. The molecule has 0 spiro atoms. The van der Waals surface area contributed by atoms with Gasteiger partial charge in [-0.05, 0) is 6.92 Å². The van der Waals surface area contributed by atoms with Crippen LogP contribution in [0.4, 0.5) is 11.8 Å². The molecule has 1 rings (SSSR count). The van der Waals surface area contributed by atoms with Gasteiger partial charge in [-0.1, -0.05) is 11.6 Å².